The lowest BCUT2D eigenvalue weighted by molar-refractivity contribution is 0.0702. The highest BCUT2D eigenvalue weighted by atomic mass is 16.5. The number of hydrogen-bond donors (Lipinski definition) is 5. The molecule has 0 atom stereocenters. The lowest BCUT2D eigenvalue weighted by Gasteiger charge is -2.13. The third-order valence-corrected chi connectivity index (χ3v) is 5.69. The van der Waals surface area contributed by atoms with E-state index >= 15 is 0 Å². The molecule has 0 aliphatic rings. The average Bonchev–Trinajstić information content (AvgIpc) is 2.93. The summed E-state index contributed by atoms with van der Waals surface area (Å²) in [5.74, 6) is -1.13. The summed E-state index contributed by atoms with van der Waals surface area (Å²) in [6.07, 6.45) is 0. The number of hydroxylamine groups is 2. The second-order valence-electron chi connectivity index (χ2n) is 7.98. The van der Waals surface area contributed by atoms with Crippen molar-refractivity contribution in [1.82, 2.24) is 16.3 Å². The van der Waals surface area contributed by atoms with Gasteiger partial charge in [0, 0.05) is 24.2 Å². The first-order valence-electron chi connectivity index (χ1n) is 11.1. The highest BCUT2D eigenvalue weighted by molar-refractivity contribution is 6.01. The van der Waals surface area contributed by atoms with Crippen molar-refractivity contribution in [3.05, 3.63) is 119 Å². The topological polar surface area (TPSA) is 111 Å². The molecule has 0 spiro atoms. The molecule has 0 saturated carbocycles. The lowest BCUT2D eigenvalue weighted by Crippen LogP contribution is -2.20. The molecule has 0 fully saturated rings. The van der Waals surface area contributed by atoms with Gasteiger partial charge < -0.3 is 5.32 Å². The van der Waals surface area contributed by atoms with Crippen molar-refractivity contribution in [3.8, 4) is 22.3 Å². The van der Waals surface area contributed by atoms with Crippen LogP contribution >= 0.6 is 0 Å². The van der Waals surface area contributed by atoms with Crippen LogP contribution in [-0.4, -0.2) is 22.2 Å². The van der Waals surface area contributed by atoms with Crippen LogP contribution in [-0.2, 0) is 13.1 Å². The Bertz CT molecular complexity index is 1220. The van der Waals surface area contributed by atoms with Crippen LogP contribution in [0.3, 0.4) is 0 Å². The summed E-state index contributed by atoms with van der Waals surface area (Å²) in [5, 5.41) is 21.6. The molecule has 7 heteroatoms. The summed E-state index contributed by atoms with van der Waals surface area (Å²) in [6.45, 7) is 1.08. The molecular formula is C28H25N3O4. The fourth-order valence-electron chi connectivity index (χ4n) is 3.98. The predicted octanol–water partition coefficient (Wildman–Crippen LogP) is 4.55. The Kier molecular flexibility index (Phi) is 7.64. The van der Waals surface area contributed by atoms with Crippen LogP contribution in [0.25, 0.3) is 22.3 Å². The van der Waals surface area contributed by atoms with Crippen molar-refractivity contribution in [2.45, 2.75) is 13.1 Å². The van der Waals surface area contributed by atoms with E-state index in [0.29, 0.717) is 24.2 Å². The molecule has 0 bridgehead atoms. The smallest absolute Gasteiger partial charge is 0.275 e. The molecule has 0 aliphatic carbocycles. The van der Waals surface area contributed by atoms with Crippen LogP contribution in [0.15, 0.2) is 97.1 Å². The van der Waals surface area contributed by atoms with Gasteiger partial charge in [-0.05, 0) is 57.6 Å². The van der Waals surface area contributed by atoms with Gasteiger partial charge >= 0.3 is 0 Å². The highest BCUT2D eigenvalue weighted by Crippen LogP contribution is 2.27. The third-order valence-electron chi connectivity index (χ3n) is 5.69. The van der Waals surface area contributed by atoms with E-state index in [-0.39, 0.29) is 0 Å². The molecule has 176 valence electrons. The summed E-state index contributed by atoms with van der Waals surface area (Å²) in [6, 6.07) is 30.0. The van der Waals surface area contributed by atoms with E-state index in [0.717, 1.165) is 33.4 Å². The monoisotopic (exact) mass is 467 g/mol. The zero-order valence-electron chi connectivity index (χ0n) is 18.9. The Hall–Kier alpha value is -4.30. The summed E-state index contributed by atoms with van der Waals surface area (Å²) in [5.41, 5.74) is 9.32. The van der Waals surface area contributed by atoms with Crippen molar-refractivity contribution in [3.63, 3.8) is 0 Å². The first-order valence-corrected chi connectivity index (χ1v) is 11.1. The quantitative estimate of drug-likeness (QED) is 0.193. The minimum Gasteiger partial charge on any atom is -0.309 e. The van der Waals surface area contributed by atoms with Gasteiger partial charge in [0.25, 0.3) is 11.8 Å². The van der Waals surface area contributed by atoms with Crippen LogP contribution in [0.5, 0.6) is 0 Å². The fourth-order valence-corrected chi connectivity index (χ4v) is 3.98. The van der Waals surface area contributed by atoms with Gasteiger partial charge in [-0.2, -0.15) is 0 Å². The number of amides is 2. The summed E-state index contributed by atoms with van der Waals surface area (Å²) < 4.78 is 0. The molecule has 0 aliphatic heterocycles. The van der Waals surface area contributed by atoms with Crippen LogP contribution in [0.4, 0.5) is 0 Å². The summed E-state index contributed by atoms with van der Waals surface area (Å²) in [4.78, 5) is 24.3. The normalized spacial score (nSPS) is 10.6. The Morgan fingerprint density at radius 1 is 0.571 bits per heavy atom. The maximum Gasteiger partial charge on any atom is 0.275 e. The maximum atomic E-state index is 12.1. The van der Waals surface area contributed by atoms with Gasteiger partial charge in [-0.15, -0.1) is 0 Å². The SMILES string of the molecule is O=C(NO)c1ccc(CNCc2ccc(C(=O)NO)c(-c3ccccc3)c2)cc1-c1ccccc1. The Labute approximate surface area is 203 Å². The molecule has 0 radical (unpaired) electrons. The van der Waals surface area contributed by atoms with E-state index < -0.39 is 11.8 Å². The van der Waals surface area contributed by atoms with E-state index in [9.17, 15) is 9.59 Å². The summed E-state index contributed by atoms with van der Waals surface area (Å²) in [7, 11) is 0. The largest absolute Gasteiger partial charge is 0.309 e. The van der Waals surface area contributed by atoms with Crippen molar-refractivity contribution in [1.29, 1.82) is 0 Å². The average molecular weight is 468 g/mol. The first-order chi connectivity index (χ1) is 17.1. The second kappa shape index (κ2) is 11.2. The van der Waals surface area contributed by atoms with E-state index in [1.807, 2.05) is 84.9 Å². The second-order valence-corrected chi connectivity index (χ2v) is 7.98. The molecule has 4 rings (SSSR count). The maximum absolute atomic E-state index is 12.1. The number of rotatable bonds is 8. The van der Waals surface area contributed by atoms with Crippen molar-refractivity contribution in [2.75, 3.05) is 0 Å². The van der Waals surface area contributed by atoms with Gasteiger partial charge in [-0.3, -0.25) is 20.0 Å². The Balaban J connectivity index is 1.54. The minimum absolute atomic E-state index is 0.382. The molecule has 0 unspecified atom stereocenters. The number of nitrogens with one attached hydrogen (secondary N) is 3. The molecule has 35 heavy (non-hydrogen) atoms. The zero-order chi connectivity index (χ0) is 24.6. The number of carbonyl (C=O) groups excluding carboxylic acids is 2. The fraction of sp³-hybridized carbons (Fsp3) is 0.0714. The highest BCUT2D eigenvalue weighted by Gasteiger charge is 2.14. The predicted molar refractivity (Wildman–Crippen MR) is 133 cm³/mol. The molecule has 2 amide bonds. The molecule has 5 N–H and O–H groups in total. The van der Waals surface area contributed by atoms with E-state index in [1.165, 1.54) is 0 Å². The minimum atomic E-state index is -0.566. The molecule has 0 aromatic heterocycles. The standard InChI is InChI=1S/C28H25N3O4/c32-27(30-34)23-13-11-19(15-25(23)21-7-3-1-4-8-21)17-29-18-20-12-14-24(28(33)31-35)26(16-20)22-9-5-2-6-10-22/h1-16,29,34-35H,17-18H2,(H,30,32)(H,31,33). The van der Waals surface area contributed by atoms with Gasteiger partial charge in [0.1, 0.15) is 0 Å². The number of hydrogen-bond acceptors (Lipinski definition) is 5. The molecule has 0 heterocycles. The van der Waals surface area contributed by atoms with Crippen LogP contribution in [0.1, 0.15) is 31.8 Å². The van der Waals surface area contributed by atoms with E-state index in [1.54, 1.807) is 23.1 Å². The Morgan fingerprint density at radius 2 is 0.971 bits per heavy atom. The van der Waals surface area contributed by atoms with Gasteiger partial charge in [0.15, 0.2) is 0 Å². The van der Waals surface area contributed by atoms with Gasteiger partial charge in [-0.1, -0.05) is 72.8 Å². The zero-order valence-corrected chi connectivity index (χ0v) is 18.9. The van der Waals surface area contributed by atoms with Crippen molar-refractivity contribution >= 4 is 11.8 Å². The third kappa shape index (κ3) is 5.62. The van der Waals surface area contributed by atoms with Crippen LogP contribution in [0, 0.1) is 0 Å². The molecular weight excluding hydrogens is 442 g/mol. The van der Waals surface area contributed by atoms with Crippen LogP contribution in [0.2, 0.25) is 0 Å². The van der Waals surface area contributed by atoms with Crippen LogP contribution < -0.4 is 16.3 Å². The molecule has 4 aromatic carbocycles. The number of benzene rings is 4. The van der Waals surface area contributed by atoms with Crippen molar-refractivity contribution < 1.29 is 20.0 Å². The lowest BCUT2D eigenvalue weighted by atomic mass is 9.96. The molecule has 4 aromatic rings. The molecule has 7 nitrogen and oxygen atoms in total. The molecule has 0 saturated heterocycles. The summed E-state index contributed by atoms with van der Waals surface area (Å²) >= 11 is 0. The Morgan fingerprint density at radius 3 is 1.34 bits per heavy atom. The van der Waals surface area contributed by atoms with Gasteiger partial charge in [0.2, 0.25) is 0 Å². The van der Waals surface area contributed by atoms with E-state index in [2.05, 4.69) is 5.32 Å². The van der Waals surface area contributed by atoms with Crippen molar-refractivity contribution in [2.24, 2.45) is 0 Å². The first kappa shape index (κ1) is 23.8. The van der Waals surface area contributed by atoms with Gasteiger partial charge in [-0.25, -0.2) is 11.0 Å². The van der Waals surface area contributed by atoms with Gasteiger partial charge in [0.05, 0.1) is 0 Å². The van der Waals surface area contributed by atoms with E-state index in [4.69, 9.17) is 10.4 Å². The number of carbonyl (C=O) groups is 2.